The Hall–Kier alpha value is -1.62. The number of benzene rings is 1. The summed E-state index contributed by atoms with van der Waals surface area (Å²) in [5, 5.41) is 14.2. The molecule has 0 heterocycles. The quantitative estimate of drug-likeness (QED) is 0.644. The maximum Gasteiger partial charge on any atom is 0.282 e. The van der Waals surface area contributed by atoms with Gasteiger partial charge in [-0.05, 0) is 30.9 Å². The normalized spacial score (nSPS) is 15.7. The SMILES string of the molecule is CCC(CC1CC1)NC(=O)c1cc(Cl)ccc1[N+](=O)[O-]. The molecule has 1 aliphatic carbocycles. The fourth-order valence-corrected chi connectivity index (χ4v) is 2.37. The lowest BCUT2D eigenvalue weighted by Crippen LogP contribution is -2.35. The van der Waals surface area contributed by atoms with E-state index >= 15 is 0 Å². The Kier molecular flexibility index (Phi) is 4.60. The van der Waals surface area contributed by atoms with E-state index in [1.54, 1.807) is 0 Å². The number of nitrogens with zero attached hydrogens (tertiary/aromatic N) is 1. The second kappa shape index (κ2) is 6.22. The number of nitro groups is 1. The zero-order chi connectivity index (χ0) is 14.7. The third-order valence-corrected chi connectivity index (χ3v) is 3.78. The van der Waals surface area contributed by atoms with Gasteiger partial charge in [0.1, 0.15) is 5.56 Å². The molecule has 1 fully saturated rings. The second-order valence-corrected chi connectivity index (χ2v) is 5.61. The molecule has 2 rings (SSSR count). The van der Waals surface area contributed by atoms with Gasteiger partial charge in [-0.3, -0.25) is 14.9 Å². The fraction of sp³-hybridized carbons (Fsp3) is 0.500. The number of carbonyl (C=O) groups is 1. The van der Waals surface area contributed by atoms with Crippen molar-refractivity contribution >= 4 is 23.2 Å². The van der Waals surface area contributed by atoms with E-state index in [9.17, 15) is 14.9 Å². The molecule has 1 N–H and O–H groups in total. The zero-order valence-electron chi connectivity index (χ0n) is 11.3. The molecule has 0 bridgehead atoms. The van der Waals surface area contributed by atoms with Gasteiger partial charge in [-0.25, -0.2) is 0 Å². The average molecular weight is 297 g/mol. The molecule has 1 saturated carbocycles. The topological polar surface area (TPSA) is 72.2 Å². The summed E-state index contributed by atoms with van der Waals surface area (Å²) in [5.41, 5.74) is -0.190. The highest BCUT2D eigenvalue weighted by Gasteiger charge is 2.27. The van der Waals surface area contributed by atoms with Crippen molar-refractivity contribution in [1.82, 2.24) is 5.32 Å². The highest BCUT2D eigenvalue weighted by atomic mass is 35.5. The van der Waals surface area contributed by atoms with Gasteiger partial charge >= 0.3 is 0 Å². The number of carbonyl (C=O) groups excluding carboxylic acids is 1. The predicted octanol–water partition coefficient (Wildman–Crippen LogP) is 3.56. The summed E-state index contributed by atoms with van der Waals surface area (Å²) in [5.74, 6) is 0.265. The van der Waals surface area contributed by atoms with E-state index in [0.29, 0.717) is 10.9 Å². The van der Waals surface area contributed by atoms with Crippen molar-refractivity contribution in [3.63, 3.8) is 0 Å². The molecule has 1 unspecified atom stereocenters. The van der Waals surface area contributed by atoms with Gasteiger partial charge < -0.3 is 5.32 Å². The van der Waals surface area contributed by atoms with Crippen LogP contribution in [0.2, 0.25) is 5.02 Å². The van der Waals surface area contributed by atoms with E-state index < -0.39 is 10.8 Å². The molecule has 0 aromatic heterocycles. The molecule has 1 atom stereocenters. The minimum absolute atomic E-state index is 0.0248. The largest absolute Gasteiger partial charge is 0.349 e. The Morgan fingerprint density at radius 3 is 2.80 bits per heavy atom. The van der Waals surface area contributed by atoms with Gasteiger partial charge in [0.25, 0.3) is 11.6 Å². The maximum atomic E-state index is 12.2. The minimum Gasteiger partial charge on any atom is -0.349 e. The number of hydrogen-bond donors (Lipinski definition) is 1. The van der Waals surface area contributed by atoms with Gasteiger partial charge in [-0.2, -0.15) is 0 Å². The summed E-state index contributed by atoms with van der Waals surface area (Å²) >= 11 is 5.83. The van der Waals surface area contributed by atoms with Crippen molar-refractivity contribution < 1.29 is 9.72 Å². The number of halogens is 1. The van der Waals surface area contributed by atoms with Crippen LogP contribution < -0.4 is 5.32 Å². The molecule has 108 valence electrons. The molecule has 20 heavy (non-hydrogen) atoms. The Morgan fingerprint density at radius 2 is 2.25 bits per heavy atom. The lowest BCUT2D eigenvalue weighted by atomic mass is 10.1. The van der Waals surface area contributed by atoms with Crippen LogP contribution >= 0.6 is 11.6 Å². The first-order chi connectivity index (χ1) is 9.51. The van der Waals surface area contributed by atoms with E-state index in [0.717, 1.165) is 12.8 Å². The first-order valence-electron chi connectivity index (χ1n) is 6.76. The van der Waals surface area contributed by atoms with Crippen LogP contribution in [-0.4, -0.2) is 16.9 Å². The van der Waals surface area contributed by atoms with Crippen molar-refractivity contribution in [3.8, 4) is 0 Å². The van der Waals surface area contributed by atoms with Crippen LogP contribution in [0.1, 0.15) is 43.0 Å². The summed E-state index contributed by atoms with van der Waals surface area (Å²) in [6.07, 6.45) is 4.18. The first kappa shape index (κ1) is 14.8. The summed E-state index contributed by atoms with van der Waals surface area (Å²) in [6.45, 7) is 2.00. The monoisotopic (exact) mass is 296 g/mol. The molecular formula is C14H17ClN2O3. The molecule has 6 heteroatoms. The van der Waals surface area contributed by atoms with Crippen molar-refractivity contribution in [3.05, 3.63) is 38.9 Å². The van der Waals surface area contributed by atoms with E-state index in [1.165, 1.54) is 31.0 Å². The van der Waals surface area contributed by atoms with Crippen LogP contribution in [0, 0.1) is 16.0 Å². The average Bonchev–Trinajstić information content (AvgIpc) is 3.21. The van der Waals surface area contributed by atoms with Gasteiger partial charge in [0.2, 0.25) is 0 Å². The van der Waals surface area contributed by atoms with E-state index in [1.807, 2.05) is 6.92 Å². The highest BCUT2D eigenvalue weighted by Crippen LogP contribution is 2.34. The standard InChI is InChI=1S/C14H17ClN2O3/c1-2-11(7-9-3-4-9)16-14(18)12-8-10(15)5-6-13(12)17(19)20/h5-6,8-9,11H,2-4,7H2,1H3,(H,16,18). The predicted molar refractivity (Wildman–Crippen MR) is 77.0 cm³/mol. The maximum absolute atomic E-state index is 12.2. The van der Waals surface area contributed by atoms with E-state index in [4.69, 9.17) is 11.6 Å². The summed E-state index contributed by atoms with van der Waals surface area (Å²) in [6, 6.07) is 4.09. The van der Waals surface area contributed by atoms with Gasteiger partial charge in [0.05, 0.1) is 4.92 Å². The first-order valence-corrected chi connectivity index (χ1v) is 7.13. The highest BCUT2D eigenvalue weighted by molar-refractivity contribution is 6.31. The molecule has 1 aromatic carbocycles. The Balaban J connectivity index is 2.14. The minimum atomic E-state index is -0.562. The van der Waals surface area contributed by atoms with Crippen LogP contribution in [0.4, 0.5) is 5.69 Å². The molecule has 0 saturated heterocycles. The van der Waals surface area contributed by atoms with Crippen LogP contribution in [-0.2, 0) is 0 Å². The molecule has 1 aromatic rings. The van der Waals surface area contributed by atoms with Crippen LogP contribution in [0.3, 0.4) is 0 Å². The van der Waals surface area contributed by atoms with Gasteiger partial charge in [-0.15, -0.1) is 0 Å². The van der Waals surface area contributed by atoms with Crippen LogP contribution in [0.15, 0.2) is 18.2 Å². The molecule has 1 amide bonds. The van der Waals surface area contributed by atoms with Crippen LogP contribution in [0.25, 0.3) is 0 Å². The van der Waals surface area contributed by atoms with Gasteiger partial charge in [0.15, 0.2) is 0 Å². The Bertz CT molecular complexity index is 529. The van der Waals surface area contributed by atoms with Crippen molar-refractivity contribution in [2.75, 3.05) is 0 Å². The second-order valence-electron chi connectivity index (χ2n) is 5.18. The van der Waals surface area contributed by atoms with Crippen molar-refractivity contribution in [1.29, 1.82) is 0 Å². The van der Waals surface area contributed by atoms with Gasteiger partial charge in [-0.1, -0.05) is 31.4 Å². The summed E-state index contributed by atoms with van der Waals surface area (Å²) in [4.78, 5) is 22.6. The molecule has 0 radical (unpaired) electrons. The van der Waals surface area contributed by atoms with E-state index in [2.05, 4.69) is 5.32 Å². The van der Waals surface area contributed by atoms with Crippen molar-refractivity contribution in [2.24, 2.45) is 5.92 Å². The molecule has 5 nitrogen and oxygen atoms in total. The van der Waals surface area contributed by atoms with Gasteiger partial charge in [0, 0.05) is 17.1 Å². The molecular weight excluding hydrogens is 280 g/mol. The van der Waals surface area contributed by atoms with Crippen molar-refractivity contribution in [2.45, 2.75) is 38.6 Å². The third-order valence-electron chi connectivity index (χ3n) is 3.54. The third kappa shape index (κ3) is 3.70. The lowest BCUT2D eigenvalue weighted by Gasteiger charge is -2.16. The number of rotatable bonds is 6. The Labute approximate surface area is 122 Å². The Morgan fingerprint density at radius 1 is 1.55 bits per heavy atom. The molecule has 1 aliphatic rings. The van der Waals surface area contributed by atoms with Crippen LogP contribution in [0.5, 0.6) is 0 Å². The fourth-order valence-electron chi connectivity index (χ4n) is 2.20. The molecule has 0 spiro atoms. The smallest absolute Gasteiger partial charge is 0.282 e. The lowest BCUT2D eigenvalue weighted by molar-refractivity contribution is -0.385. The number of hydrogen-bond acceptors (Lipinski definition) is 3. The summed E-state index contributed by atoms with van der Waals surface area (Å²) < 4.78 is 0. The van der Waals surface area contributed by atoms with E-state index in [-0.39, 0.29) is 17.3 Å². The number of amides is 1. The zero-order valence-corrected chi connectivity index (χ0v) is 12.0. The summed E-state index contributed by atoms with van der Waals surface area (Å²) in [7, 11) is 0. The number of nitro benzene ring substituents is 1. The molecule has 0 aliphatic heterocycles. The number of nitrogens with one attached hydrogen (secondary N) is 1.